The lowest BCUT2D eigenvalue weighted by molar-refractivity contribution is -0.131. The van der Waals surface area contributed by atoms with E-state index in [9.17, 15) is 14.7 Å². The monoisotopic (exact) mass is 469 g/mol. The molecule has 0 aliphatic heterocycles. The van der Waals surface area contributed by atoms with Crippen LogP contribution in [0.1, 0.15) is 43.6 Å². The highest BCUT2D eigenvalue weighted by molar-refractivity contribution is 9.10. The van der Waals surface area contributed by atoms with Crippen molar-refractivity contribution in [2.24, 2.45) is 0 Å². The van der Waals surface area contributed by atoms with Crippen molar-refractivity contribution in [1.29, 1.82) is 0 Å². The number of hydrogen-bond acceptors (Lipinski definition) is 6. The van der Waals surface area contributed by atoms with Crippen LogP contribution in [0.25, 0.3) is 0 Å². The van der Waals surface area contributed by atoms with Gasteiger partial charge in [-0.2, -0.15) is 0 Å². The maximum absolute atomic E-state index is 12.4. The van der Waals surface area contributed by atoms with Crippen LogP contribution in [0.4, 0.5) is 5.69 Å². The van der Waals surface area contributed by atoms with Gasteiger partial charge in [-0.25, -0.2) is 4.79 Å². The van der Waals surface area contributed by atoms with Gasteiger partial charge in [0.2, 0.25) is 0 Å². The minimum atomic E-state index is -0.682. The van der Waals surface area contributed by atoms with Gasteiger partial charge < -0.3 is 19.9 Å². The van der Waals surface area contributed by atoms with E-state index in [4.69, 9.17) is 21.1 Å². The lowest BCUT2D eigenvalue weighted by atomic mass is 10.1. The van der Waals surface area contributed by atoms with Crippen LogP contribution in [0.15, 0.2) is 34.8 Å². The predicted molar refractivity (Wildman–Crippen MR) is 111 cm³/mol. The molecule has 0 amide bonds. The molecule has 2 aromatic carbocycles. The summed E-state index contributed by atoms with van der Waals surface area (Å²) < 4.78 is 11.3. The highest BCUT2D eigenvalue weighted by Crippen LogP contribution is 2.32. The highest BCUT2D eigenvalue weighted by Gasteiger charge is 2.22. The summed E-state index contributed by atoms with van der Waals surface area (Å²) >= 11 is 9.30. The molecule has 0 spiro atoms. The average molecular weight is 471 g/mol. The number of ether oxygens (including phenoxy) is 2. The zero-order valence-corrected chi connectivity index (χ0v) is 18.3. The zero-order chi connectivity index (χ0) is 21.1. The molecule has 0 saturated carbocycles. The molecule has 0 aromatic heterocycles. The largest absolute Gasteiger partial charge is 0.506 e. The summed E-state index contributed by atoms with van der Waals surface area (Å²) in [5.41, 5.74) is 0.617. The molecular formula is C20H21BrClNO5. The lowest BCUT2D eigenvalue weighted by Gasteiger charge is -2.20. The standard InChI is InChI=1S/C20H21BrClNO5/c1-11(24)27-17-9-14(5-6-15(17)19(26)28-20(2,3)4)23-10-12-7-13(21)8-16(22)18(12)25/h5-9,23,25H,10H2,1-4H3. The molecule has 0 atom stereocenters. The Hall–Kier alpha value is -2.25. The normalized spacial score (nSPS) is 11.1. The van der Waals surface area contributed by atoms with Gasteiger partial charge in [0.1, 0.15) is 22.7 Å². The summed E-state index contributed by atoms with van der Waals surface area (Å²) in [5, 5.41) is 13.4. The van der Waals surface area contributed by atoms with Crippen LogP contribution in [-0.2, 0) is 16.1 Å². The molecule has 0 aliphatic carbocycles. The van der Waals surface area contributed by atoms with Crippen LogP contribution in [0.5, 0.6) is 11.5 Å². The number of halogens is 2. The van der Waals surface area contributed by atoms with E-state index in [1.807, 2.05) is 0 Å². The first kappa shape index (κ1) is 22.0. The zero-order valence-electron chi connectivity index (χ0n) is 15.9. The quantitative estimate of drug-likeness (QED) is 0.455. The number of carbonyl (C=O) groups is 2. The molecule has 6 nitrogen and oxygen atoms in total. The van der Waals surface area contributed by atoms with Gasteiger partial charge >= 0.3 is 11.9 Å². The Labute approximate surface area is 176 Å². The number of hydrogen-bond donors (Lipinski definition) is 2. The summed E-state index contributed by atoms with van der Waals surface area (Å²) in [6.45, 7) is 6.77. The van der Waals surface area contributed by atoms with Crippen LogP contribution in [0, 0.1) is 0 Å². The van der Waals surface area contributed by atoms with E-state index in [2.05, 4.69) is 21.2 Å². The third-order valence-corrected chi connectivity index (χ3v) is 4.19. The van der Waals surface area contributed by atoms with Crippen molar-refractivity contribution < 1.29 is 24.2 Å². The summed E-state index contributed by atoms with van der Waals surface area (Å²) in [7, 11) is 0. The molecule has 0 unspecified atom stereocenters. The summed E-state index contributed by atoms with van der Waals surface area (Å²) in [5.74, 6) is -1.09. The van der Waals surface area contributed by atoms with Gasteiger partial charge in [0.15, 0.2) is 0 Å². The van der Waals surface area contributed by atoms with Gasteiger partial charge in [0.05, 0.1) is 5.02 Å². The first-order valence-electron chi connectivity index (χ1n) is 8.43. The van der Waals surface area contributed by atoms with Crippen LogP contribution < -0.4 is 10.1 Å². The third-order valence-electron chi connectivity index (χ3n) is 3.44. The Morgan fingerprint density at radius 1 is 1.21 bits per heavy atom. The van der Waals surface area contributed by atoms with Crippen molar-refractivity contribution in [3.63, 3.8) is 0 Å². The Balaban J connectivity index is 2.27. The van der Waals surface area contributed by atoms with E-state index in [0.717, 1.165) is 4.47 Å². The van der Waals surface area contributed by atoms with Crippen LogP contribution in [0.3, 0.4) is 0 Å². The first-order chi connectivity index (χ1) is 13.0. The van der Waals surface area contributed by atoms with E-state index in [1.54, 1.807) is 39.0 Å². The fourth-order valence-electron chi connectivity index (χ4n) is 2.32. The number of benzene rings is 2. The van der Waals surface area contributed by atoms with E-state index in [1.165, 1.54) is 19.1 Å². The van der Waals surface area contributed by atoms with Crippen LogP contribution >= 0.6 is 27.5 Å². The van der Waals surface area contributed by atoms with Crippen molar-refractivity contribution in [3.05, 3.63) is 51.0 Å². The second-order valence-corrected chi connectivity index (χ2v) is 8.38. The third kappa shape index (κ3) is 6.14. The summed E-state index contributed by atoms with van der Waals surface area (Å²) in [4.78, 5) is 23.8. The van der Waals surface area contributed by atoms with Crippen molar-refractivity contribution in [2.45, 2.75) is 39.8 Å². The average Bonchev–Trinajstić information content (AvgIpc) is 2.54. The molecule has 8 heteroatoms. The van der Waals surface area contributed by atoms with E-state index < -0.39 is 17.5 Å². The number of carbonyl (C=O) groups excluding carboxylic acids is 2. The van der Waals surface area contributed by atoms with Gasteiger partial charge in [-0.05, 0) is 45.0 Å². The minimum Gasteiger partial charge on any atom is -0.506 e. The molecule has 2 rings (SSSR count). The predicted octanol–water partition coefficient (Wildman–Crippen LogP) is 5.30. The number of phenols is 1. The molecule has 2 N–H and O–H groups in total. The van der Waals surface area contributed by atoms with E-state index in [-0.39, 0.29) is 28.6 Å². The van der Waals surface area contributed by atoms with Crippen molar-refractivity contribution in [3.8, 4) is 11.5 Å². The maximum atomic E-state index is 12.4. The smallest absolute Gasteiger partial charge is 0.342 e. The Kier molecular flexibility index (Phi) is 6.96. The number of rotatable bonds is 5. The molecule has 0 radical (unpaired) electrons. The van der Waals surface area contributed by atoms with Crippen molar-refractivity contribution in [2.75, 3.05) is 5.32 Å². The Morgan fingerprint density at radius 3 is 2.50 bits per heavy atom. The number of aromatic hydroxyl groups is 1. The molecule has 0 bridgehead atoms. The van der Waals surface area contributed by atoms with Gasteiger partial charge in [-0.3, -0.25) is 4.79 Å². The van der Waals surface area contributed by atoms with Crippen molar-refractivity contribution >= 4 is 45.2 Å². The molecule has 2 aromatic rings. The highest BCUT2D eigenvalue weighted by atomic mass is 79.9. The van der Waals surface area contributed by atoms with E-state index in [0.29, 0.717) is 11.3 Å². The molecule has 28 heavy (non-hydrogen) atoms. The molecule has 0 fully saturated rings. The van der Waals surface area contributed by atoms with Gasteiger partial charge in [0, 0.05) is 35.3 Å². The second kappa shape index (κ2) is 8.84. The SMILES string of the molecule is CC(=O)Oc1cc(NCc2cc(Br)cc(Cl)c2O)ccc1C(=O)OC(C)(C)C. The van der Waals surface area contributed by atoms with Crippen LogP contribution in [0.2, 0.25) is 5.02 Å². The Bertz CT molecular complexity index is 908. The lowest BCUT2D eigenvalue weighted by Crippen LogP contribution is -2.24. The molecule has 0 aliphatic rings. The van der Waals surface area contributed by atoms with Gasteiger partial charge in [-0.15, -0.1) is 0 Å². The number of anilines is 1. The number of nitrogens with one attached hydrogen (secondary N) is 1. The summed E-state index contributed by atoms with van der Waals surface area (Å²) in [6, 6.07) is 8.02. The molecular weight excluding hydrogens is 450 g/mol. The number of esters is 2. The maximum Gasteiger partial charge on any atom is 0.342 e. The summed E-state index contributed by atoms with van der Waals surface area (Å²) in [6.07, 6.45) is 0. The molecule has 0 heterocycles. The van der Waals surface area contributed by atoms with Crippen LogP contribution in [-0.4, -0.2) is 22.6 Å². The first-order valence-corrected chi connectivity index (χ1v) is 9.60. The van der Waals surface area contributed by atoms with Gasteiger partial charge in [-0.1, -0.05) is 27.5 Å². The van der Waals surface area contributed by atoms with Crippen molar-refractivity contribution in [1.82, 2.24) is 0 Å². The fourth-order valence-corrected chi connectivity index (χ4v) is 3.20. The fraction of sp³-hybridized carbons (Fsp3) is 0.300. The molecule has 150 valence electrons. The van der Waals surface area contributed by atoms with Gasteiger partial charge in [0.25, 0.3) is 0 Å². The van der Waals surface area contributed by atoms with E-state index >= 15 is 0 Å². The minimum absolute atomic E-state index is 0.0250. The second-order valence-electron chi connectivity index (χ2n) is 7.06. The topological polar surface area (TPSA) is 84.9 Å². The molecule has 0 saturated heterocycles. The Morgan fingerprint density at radius 2 is 1.89 bits per heavy atom. The number of phenolic OH excluding ortho intramolecular Hbond substituents is 1.